The Hall–Kier alpha value is -3.27. The number of tetrazole rings is 1. The molecule has 10 heteroatoms. The van der Waals surface area contributed by atoms with Gasteiger partial charge in [-0.05, 0) is 34.7 Å². The van der Waals surface area contributed by atoms with Crippen molar-refractivity contribution in [3.8, 4) is 17.2 Å². The molecule has 9 nitrogen and oxygen atoms in total. The quantitative estimate of drug-likeness (QED) is 0.562. The molecule has 0 fully saturated rings. The fourth-order valence-electron chi connectivity index (χ4n) is 2.52. The van der Waals surface area contributed by atoms with Crippen molar-refractivity contribution in [1.29, 1.82) is 0 Å². The minimum Gasteiger partial charge on any atom is -0.497 e. The van der Waals surface area contributed by atoms with E-state index in [2.05, 4.69) is 20.8 Å². The molecule has 0 aliphatic heterocycles. The highest BCUT2D eigenvalue weighted by Crippen LogP contribution is 2.27. The van der Waals surface area contributed by atoms with Crippen LogP contribution >= 0.6 is 11.8 Å². The Morgan fingerprint density at radius 1 is 1.10 bits per heavy atom. The molecule has 3 aromatic rings. The minimum absolute atomic E-state index is 0.148. The number of thioether (sulfide) groups is 1. The van der Waals surface area contributed by atoms with E-state index in [1.54, 1.807) is 32.4 Å². The molecule has 0 atom stereocenters. The van der Waals surface area contributed by atoms with Gasteiger partial charge in [-0.2, -0.15) is 4.68 Å². The SMILES string of the molecule is COc1cc(OC)cc(-n2nnnc2SCC(=O)Nc2ccc(N(C)C)cc2)c1. The highest BCUT2D eigenvalue weighted by atomic mass is 32.2. The molecule has 0 bridgehead atoms. The van der Waals surface area contributed by atoms with Gasteiger partial charge in [-0.3, -0.25) is 4.79 Å². The first-order valence-corrected chi connectivity index (χ1v) is 9.70. The van der Waals surface area contributed by atoms with Crippen molar-refractivity contribution < 1.29 is 14.3 Å². The van der Waals surface area contributed by atoms with E-state index in [1.807, 2.05) is 43.3 Å². The van der Waals surface area contributed by atoms with Crippen LogP contribution < -0.4 is 19.7 Å². The third-order valence-corrected chi connectivity index (χ3v) is 4.94. The Morgan fingerprint density at radius 2 is 1.76 bits per heavy atom. The number of benzene rings is 2. The monoisotopic (exact) mass is 414 g/mol. The van der Waals surface area contributed by atoms with Crippen LogP contribution in [0.4, 0.5) is 11.4 Å². The van der Waals surface area contributed by atoms with Crippen LogP contribution in [-0.4, -0.2) is 60.2 Å². The van der Waals surface area contributed by atoms with Crippen molar-refractivity contribution >= 4 is 29.0 Å². The number of amides is 1. The van der Waals surface area contributed by atoms with Crippen molar-refractivity contribution in [2.75, 3.05) is 44.3 Å². The standard InChI is InChI=1S/C19H22N6O3S/c1-24(2)14-7-5-13(6-8-14)20-18(26)12-29-19-21-22-23-25(19)15-9-16(27-3)11-17(10-15)28-4/h5-11H,12H2,1-4H3,(H,20,26). The molecule has 0 aliphatic rings. The summed E-state index contributed by atoms with van der Waals surface area (Å²) >= 11 is 1.24. The normalized spacial score (nSPS) is 10.5. The van der Waals surface area contributed by atoms with Crippen molar-refractivity contribution in [3.63, 3.8) is 0 Å². The van der Waals surface area contributed by atoms with Crippen molar-refractivity contribution in [2.24, 2.45) is 0 Å². The summed E-state index contributed by atoms with van der Waals surface area (Å²) in [6, 6.07) is 13.0. The first kappa shape index (κ1) is 20.5. The maximum Gasteiger partial charge on any atom is 0.234 e. The topological polar surface area (TPSA) is 94.4 Å². The summed E-state index contributed by atoms with van der Waals surface area (Å²) in [5, 5.41) is 15.1. The zero-order valence-corrected chi connectivity index (χ0v) is 17.4. The largest absolute Gasteiger partial charge is 0.497 e. The van der Waals surface area contributed by atoms with E-state index in [9.17, 15) is 4.79 Å². The lowest BCUT2D eigenvalue weighted by Crippen LogP contribution is -2.15. The zero-order chi connectivity index (χ0) is 20.8. The van der Waals surface area contributed by atoms with E-state index < -0.39 is 0 Å². The number of ether oxygens (including phenoxy) is 2. The van der Waals surface area contributed by atoms with Gasteiger partial charge in [0, 0.05) is 43.7 Å². The van der Waals surface area contributed by atoms with Crippen LogP contribution in [0.1, 0.15) is 0 Å². The lowest BCUT2D eigenvalue weighted by atomic mass is 10.2. The van der Waals surface area contributed by atoms with Crippen LogP contribution in [0, 0.1) is 0 Å². The maximum absolute atomic E-state index is 12.3. The van der Waals surface area contributed by atoms with Gasteiger partial charge in [-0.1, -0.05) is 11.8 Å². The van der Waals surface area contributed by atoms with Gasteiger partial charge in [0.15, 0.2) is 0 Å². The number of hydrogen-bond donors (Lipinski definition) is 1. The molecule has 1 amide bonds. The van der Waals surface area contributed by atoms with Gasteiger partial charge < -0.3 is 19.7 Å². The third-order valence-electron chi connectivity index (χ3n) is 4.02. The highest BCUT2D eigenvalue weighted by Gasteiger charge is 2.14. The predicted molar refractivity (Wildman–Crippen MR) is 112 cm³/mol. The van der Waals surface area contributed by atoms with E-state index in [0.717, 1.165) is 11.4 Å². The van der Waals surface area contributed by atoms with Gasteiger partial charge in [0.05, 0.1) is 25.7 Å². The number of nitrogens with zero attached hydrogens (tertiary/aromatic N) is 5. The highest BCUT2D eigenvalue weighted by molar-refractivity contribution is 7.99. The molecule has 0 saturated carbocycles. The van der Waals surface area contributed by atoms with Crippen LogP contribution in [0.2, 0.25) is 0 Å². The molecule has 0 aliphatic carbocycles. The Balaban J connectivity index is 1.66. The first-order valence-electron chi connectivity index (χ1n) is 8.72. The van der Waals surface area contributed by atoms with E-state index >= 15 is 0 Å². The van der Waals surface area contributed by atoms with E-state index in [0.29, 0.717) is 22.3 Å². The summed E-state index contributed by atoms with van der Waals surface area (Å²) in [6.07, 6.45) is 0. The Kier molecular flexibility index (Phi) is 6.55. The first-order chi connectivity index (χ1) is 14.0. The van der Waals surface area contributed by atoms with E-state index in [4.69, 9.17) is 9.47 Å². The molecule has 3 rings (SSSR count). The second-order valence-electron chi connectivity index (χ2n) is 6.22. The smallest absolute Gasteiger partial charge is 0.234 e. The van der Waals surface area contributed by atoms with Crippen LogP contribution in [-0.2, 0) is 4.79 Å². The summed E-state index contributed by atoms with van der Waals surface area (Å²) in [7, 11) is 7.07. The summed E-state index contributed by atoms with van der Waals surface area (Å²) in [6.45, 7) is 0. The molecule has 0 saturated heterocycles. The third kappa shape index (κ3) is 5.17. The molecule has 152 valence electrons. The Bertz CT molecular complexity index is 952. The molecule has 0 spiro atoms. The molecule has 0 radical (unpaired) electrons. The fourth-order valence-corrected chi connectivity index (χ4v) is 3.21. The second kappa shape index (κ2) is 9.28. The molecule has 1 N–H and O–H groups in total. The number of carbonyl (C=O) groups is 1. The summed E-state index contributed by atoms with van der Waals surface area (Å²) in [5.74, 6) is 1.25. The summed E-state index contributed by atoms with van der Waals surface area (Å²) in [5.41, 5.74) is 2.47. The summed E-state index contributed by atoms with van der Waals surface area (Å²) < 4.78 is 12.1. The molecular formula is C19H22N6O3S. The number of methoxy groups -OCH3 is 2. The van der Waals surface area contributed by atoms with Gasteiger partial charge in [0.25, 0.3) is 0 Å². The number of aromatic nitrogens is 4. The molecule has 2 aromatic carbocycles. The molecule has 1 heterocycles. The van der Waals surface area contributed by atoms with Gasteiger partial charge in [-0.15, -0.1) is 5.10 Å². The van der Waals surface area contributed by atoms with Gasteiger partial charge >= 0.3 is 0 Å². The lowest BCUT2D eigenvalue weighted by Gasteiger charge is -2.13. The Morgan fingerprint density at radius 3 is 2.34 bits per heavy atom. The predicted octanol–water partition coefficient (Wildman–Crippen LogP) is 2.48. The molecule has 0 unspecified atom stereocenters. The molecule has 1 aromatic heterocycles. The van der Waals surface area contributed by atoms with Crippen LogP contribution in [0.25, 0.3) is 5.69 Å². The zero-order valence-electron chi connectivity index (χ0n) is 16.6. The number of anilines is 2. The van der Waals surface area contributed by atoms with Crippen LogP contribution in [0.15, 0.2) is 47.6 Å². The van der Waals surface area contributed by atoms with E-state index in [1.165, 1.54) is 16.4 Å². The van der Waals surface area contributed by atoms with Crippen molar-refractivity contribution in [2.45, 2.75) is 5.16 Å². The number of rotatable bonds is 8. The number of carbonyl (C=O) groups excluding carboxylic acids is 1. The van der Waals surface area contributed by atoms with Gasteiger partial charge in [0.1, 0.15) is 11.5 Å². The van der Waals surface area contributed by atoms with Gasteiger partial charge in [-0.25, -0.2) is 0 Å². The van der Waals surface area contributed by atoms with Gasteiger partial charge in [0.2, 0.25) is 11.1 Å². The van der Waals surface area contributed by atoms with Crippen molar-refractivity contribution in [1.82, 2.24) is 20.2 Å². The second-order valence-corrected chi connectivity index (χ2v) is 7.16. The lowest BCUT2D eigenvalue weighted by molar-refractivity contribution is -0.113. The van der Waals surface area contributed by atoms with Crippen molar-refractivity contribution in [3.05, 3.63) is 42.5 Å². The van der Waals surface area contributed by atoms with Crippen LogP contribution in [0.3, 0.4) is 0 Å². The molecular weight excluding hydrogens is 392 g/mol. The molecule has 29 heavy (non-hydrogen) atoms. The average Bonchev–Trinajstić information content (AvgIpc) is 3.21. The Labute approximate surface area is 173 Å². The van der Waals surface area contributed by atoms with E-state index in [-0.39, 0.29) is 11.7 Å². The fraction of sp³-hybridized carbons (Fsp3) is 0.263. The minimum atomic E-state index is -0.148. The maximum atomic E-state index is 12.3. The average molecular weight is 414 g/mol. The number of hydrogen-bond acceptors (Lipinski definition) is 8. The number of nitrogens with one attached hydrogen (secondary N) is 1. The van der Waals surface area contributed by atoms with Crippen LogP contribution in [0.5, 0.6) is 11.5 Å². The summed E-state index contributed by atoms with van der Waals surface area (Å²) in [4.78, 5) is 14.3.